The first kappa shape index (κ1) is 18.0. The van der Waals surface area contributed by atoms with E-state index >= 15 is 0 Å². The number of hydrogen-bond donors (Lipinski definition) is 1. The second-order valence-electron chi connectivity index (χ2n) is 6.34. The van der Waals surface area contributed by atoms with Crippen molar-refractivity contribution in [3.63, 3.8) is 0 Å². The van der Waals surface area contributed by atoms with Gasteiger partial charge in [-0.3, -0.25) is 0 Å². The molecule has 5 heteroatoms. The predicted octanol–water partition coefficient (Wildman–Crippen LogP) is 5.10. The molecule has 0 saturated heterocycles. The summed E-state index contributed by atoms with van der Waals surface area (Å²) in [6.45, 7) is 0.990. The lowest BCUT2D eigenvalue weighted by molar-refractivity contribution is 0.280. The van der Waals surface area contributed by atoms with Crippen LogP contribution in [-0.2, 0) is 13.2 Å². The molecule has 0 aromatic heterocycles. The van der Waals surface area contributed by atoms with Crippen molar-refractivity contribution < 1.29 is 13.9 Å². The standard InChI is InChI=1S/C20H23ClFNO2/c1-24-19-8-4-5-14(12-23-17-6-2-3-7-17)20(19)25-13-15-9-10-16(22)11-18(15)21/h4-5,8-11,17,23H,2-3,6-7,12-13H2,1H3. The van der Waals surface area contributed by atoms with Crippen LogP contribution in [-0.4, -0.2) is 13.2 Å². The highest BCUT2D eigenvalue weighted by Gasteiger charge is 2.17. The Hall–Kier alpha value is -1.78. The third-order valence-corrected chi connectivity index (χ3v) is 4.96. The number of methoxy groups -OCH3 is 1. The Bertz CT molecular complexity index is 717. The molecule has 3 rings (SSSR count). The van der Waals surface area contributed by atoms with Gasteiger partial charge in [0.2, 0.25) is 0 Å². The molecule has 1 N–H and O–H groups in total. The maximum Gasteiger partial charge on any atom is 0.166 e. The molecule has 3 nitrogen and oxygen atoms in total. The van der Waals surface area contributed by atoms with Crippen molar-refractivity contribution in [1.29, 1.82) is 0 Å². The highest BCUT2D eigenvalue weighted by atomic mass is 35.5. The molecule has 0 unspecified atom stereocenters. The summed E-state index contributed by atoms with van der Waals surface area (Å²) in [7, 11) is 1.63. The van der Waals surface area contributed by atoms with Gasteiger partial charge in [0.25, 0.3) is 0 Å². The second kappa shape index (κ2) is 8.54. The fourth-order valence-electron chi connectivity index (χ4n) is 3.20. The average molecular weight is 364 g/mol. The van der Waals surface area contributed by atoms with Crippen LogP contribution < -0.4 is 14.8 Å². The van der Waals surface area contributed by atoms with E-state index in [-0.39, 0.29) is 12.4 Å². The molecule has 0 bridgehead atoms. The number of hydrogen-bond acceptors (Lipinski definition) is 3. The number of ether oxygens (including phenoxy) is 2. The quantitative estimate of drug-likeness (QED) is 0.742. The minimum Gasteiger partial charge on any atom is -0.493 e. The van der Waals surface area contributed by atoms with Gasteiger partial charge in [-0.25, -0.2) is 4.39 Å². The maximum absolute atomic E-state index is 13.2. The molecule has 1 fully saturated rings. The summed E-state index contributed by atoms with van der Waals surface area (Å²) in [6.07, 6.45) is 5.04. The predicted molar refractivity (Wildman–Crippen MR) is 97.8 cm³/mol. The van der Waals surface area contributed by atoms with E-state index < -0.39 is 0 Å². The van der Waals surface area contributed by atoms with E-state index in [4.69, 9.17) is 21.1 Å². The summed E-state index contributed by atoms with van der Waals surface area (Å²) in [5.74, 6) is 1.03. The molecule has 0 atom stereocenters. The SMILES string of the molecule is COc1cccc(CNC2CCCC2)c1OCc1ccc(F)cc1Cl. The fraction of sp³-hybridized carbons (Fsp3) is 0.400. The van der Waals surface area contributed by atoms with Crippen LogP contribution in [0.2, 0.25) is 5.02 Å². The first-order chi connectivity index (χ1) is 12.2. The van der Waals surface area contributed by atoms with Crippen LogP contribution in [0.3, 0.4) is 0 Å². The smallest absolute Gasteiger partial charge is 0.166 e. The van der Waals surface area contributed by atoms with Gasteiger partial charge in [0.05, 0.1) is 12.1 Å². The van der Waals surface area contributed by atoms with Gasteiger partial charge in [0.15, 0.2) is 11.5 Å². The molecule has 25 heavy (non-hydrogen) atoms. The van der Waals surface area contributed by atoms with Gasteiger partial charge in [-0.15, -0.1) is 0 Å². The molecular formula is C20H23ClFNO2. The van der Waals surface area contributed by atoms with Crippen molar-refractivity contribution in [2.24, 2.45) is 0 Å². The van der Waals surface area contributed by atoms with Crippen LogP contribution in [0, 0.1) is 5.82 Å². The summed E-state index contributed by atoms with van der Waals surface area (Å²) >= 11 is 6.09. The number of halogens is 2. The minimum absolute atomic E-state index is 0.260. The molecule has 2 aromatic rings. The monoisotopic (exact) mass is 363 g/mol. The Morgan fingerprint density at radius 3 is 2.68 bits per heavy atom. The van der Waals surface area contributed by atoms with Crippen LogP contribution in [0.25, 0.3) is 0 Å². The Labute approximate surface area is 153 Å². The summed E-state index contributed by atoms with van der Waals surface area (Å²) in [4.78, 5) is 0. The first-order valence-corrected chi connectivity index (χ1v) is 9.01. The third-order valence-electron chi connectivity index (χ3n) is 4.60. The van der Waals surface area contributed by atoms with Gasteiger partial charge in [-0.1, -0.05) is 42.6 Å². The van der Waals surface area contributed by atoms with Crippen LogP contribution >= 0.6 is 11.6 Å². The average Bonchev–Trinajstić information content (AvgIpc) is 3.13. The zero-order valence-electron chi connectivity index (χ0n) is 14.4. The van der Waals surface area contributed by atoms with E-state index in [0.717, 1.165) is 17.7 Å². The Morgan fingerprint density at radius 2 is 1.96 bits per heavy atom. The Kier molecular flexibility index (Phi) is 6.16. The third kappa shape index (κ3) is 4.65. The largest absolute Gasteiger partial charge is 0.493 e. The summed E-state index contributed by atoms with van der Waals surface area (Å²) in [5.41, 5.74) is 1.79. The number of rotatable bonds is 7. The van der Waals surface area contributed by atoms with Gasteiger partial charge in [0, 0.05) is 23.7 Å². The van der Waals surface area contributed by atoms with Gasteiger partial charge in [-0.05, 0) is 31.0 Å². The van der Waals surface area contributed by atoms with E-state index in [1.165, 1.54) is 37.8 Å². The van der Waals surface area contributed by atoms with E-state index in [2.05, 4.69) is 5.32 Å². The van der Waals surface area contributed by atoms with Crippen molar-refractivity contribution in [2.45, 2.75) is 44.9 Å². The Balaban J connectivity index is 1.73. The van der Waals surface area contributed by atoms with Crippen molar-refractivity contribution in [1.82, 2.24) is 5.32 Å². The fourth-order valence-corrected chi connectivity index (χ4v) is 3.42. The lowest BCUT2D eigenvalue weighted by Gasteiger charge is -2.18. The zero-order chi connectivity index (χ0) is 17.6. The van der Waals surface area contributed by atoms with Crippen molar-refractivity contribution in [3.8, 4) is 11.5 Å². The molecule has 1 aliphatic rings. The maximum atomic E-state index is 13.2. The molecular weight excluding hydrogens is 341 g/mol. The molecule has 0 amide bonds. The summed E-state index contributed by atoms with van der Waals surface area (Å²) < 4.78 is 24.6. The van der Waals surface area contributed by atoms with Crippen LogP contribution in [0.1, 0.15) is 36.8 Å². The van der Waals surface area contributed by atoms with E-state index in [1.807, 2.05) is 18.2 Å². The molecule has 0 heterocycles. The van der Waals surface area contributed by atoms with Crippen molar-refractivity contribution >= 4 is 11.6 Å². The first-order valence-electron chi connectivity index (χ1n) is 8.63. The van der Waals surface area contributed by atoms with Gasteiger partial charge in [0.1, 0.15) is 12.4 Å². The normalized spacial score (nSPS) is 14.7. The highest BCUT2D eigenvalue weighted by Crippen LogP contribution is 2.33. The molecule has 0 spiro atoms. The van der Waals surface area contributed by atoms with E-state index in [1.54, 1.807) is 13.2 Å². The lowest BCUT2D eigenvalue weighted by Crippen LogP contribution is -2.25. The second-order valence-corrected chi connectivity index (χ2v) is 6.74. The zero-order valence-corrected chi connectivity index (χ0v) is 15.1. The summed E-state index contributed by atoms with van der Waals surface area (Å²) in [6, 6.07) is 10.8. The van der Waals surface area contributed by atoms with Crippen LogP contribution in [0.15, 0.2) is 36.4 Å². The van der Waals surface area contributed by atoms with Gasteiger partial charge >= 0.3 is 0 Å². The molecule has 1 aliphatic carbocycles. The summed E-state index contributed by atoms with van der Waals surface area (Å²) in [5, 5.41) is 3.96. The highest BCUT2D eigenvalue weighted by molar-refractivity contribution is 6.31. The lowest BCUT2D eigenvalue weighted by atomic mass is 10.1. The minimum atomic E-state index is -0.354. The number of para-hydroxylation sites is 1. The molecule has 1 saturated carbocycles. The van der Waals surface area contributed by atoms with Crippen molar-refractivity contribution in [3.05, 3.63) is 58.4 Å². The topological polar surface area (TPSA) is 30.5 Å². The van der Waals surface area contributed by atoms with Gasteiger partial charge in [-0.2, -0.15) is 0 Å². The molecule has 0 aliphatic heterocycles. The van der Waals surface area contributed by atoms with Gasteiger partial charge < -0.3 is 14.8 Å². The van der Waals surface area contributed by atoms with Crippen LogP contribution in [0.4, 0.5) is 4.39 Å². The number of nitrogens with one attached hydrogen (secondary N) is 1. The number of benzene rings is 2. The Morgan fingerprint density at radius 1 is 1.16 bits per heavy atom. The molecule has 2 aromatic carbocycles. The molecule has 0 radical (unpaired) electrons. The van der Waals surface area contributed by atoms with Crippen molar-refractivity contribution in [2.75, 3.05) is 7.11 Å². The molecule has 134 valence electrons. The van der Waals surface area contributed by atoms with Crippen LogP contribution in [0.5, 0.6) is 11.5 Å². The van der Waals surface area contributed by atoms with E-state index in [9.17, 15) is 4.39 Å². The van der Waals surface area contributed by atoms with E-state index in [0.29, 0.717) is 22.6 Å².